The molecule has 10 aromatic rings. The Hall–Kier alpha value is -6.78. The van der Waals surface area contributed by atoms with E-state index in [9.17, 15) is 0 Å². The fourth-order valence-electron chi connectivity index (χ4n) is 8.26. The van der Waals surface area contributed by atoms with Crippen LogP contribution in [-0.2, 0) is 6.42 Å². The maximum Gasteiger partial charge on any atom is 0.159 e. The van der Waals surface area contributed by atoms with Crippen molar-refractivity contribution < 1.29 is 0 Å². The predicted molar refractivity (Wildman–Crippen MR) is 210 cm³/mol. The van der Waals surface area contributed by atoms with Gasteiger partial charge in [-0.25, -0.2) is 9.97 Å². The number of fused-ring (bicyclic) bond motifs is 9. The highest BCUT2D eigenvalue weighted by Crippen LogP contribution is 2.39. The van der Waals surface area contributed by atoms with Gasteiger partial charge >= 0.3 is 0 Å². The molecule has 7 aromatic carbocycles. The van der Waals surface area contributed by atoms with Crippen molar-refractivity contribution in [1.29, 1.82) is 0 Å². The first-order valence-electron chi connectivity index (χ1n) is 17.5. The first-order chi connectivity index (χ1) is 25.3. The van der Waals surface area contributed by atoms with Gasteiger partial charge in [-0.15, -0.1) is 0 Å². The third kappa shape index (κ3) is 4.26. The minimum Gasteiger partial charge on any atom is -0.309 e. The summed E-state index contributed by atoms with van der Waals surface area (Å²) in [5, 5.41) is 4.97. The highest BCUT2D eigenvalue weighted by Gasteiger charge is 2.21. The van der Waals surface area contributed by atoms with Crippen LogP contribution >= 0.6 is 0 Å². The molecule has 0 aliphatic heterocycles. The van der Waals surface area contributed by atoms with Gasteiger partial charge in [0.15, 0.2) is 5.82 Å². The second-order valence-corrected chi connectivity index (χ2v) is 13.4. The first-order valence-corrected chi connectivity index (χ1v) is 17.5. The van der Waals surface area contributed by atoms with E-state index in [2.05, 4.69) is 173 Å². The van der Waals surface area contributed by atoms with E-state index in [4.69, 9.17) is 9.97 Å². The fourth-order valence-corrected chi connectivity index (χ4v) is 8.26. The summed E-state index contributed by atoms with van der Waals surface area (Å²) in [4.78, 5) is 9.92. The Balaban J connectivity index is 1.03. The van der Waals surface area contributed by atoms with Crippen molar-refractivity contribution in [3.8, 4) is 45.0 Å². The van der Waals surface area contributed by atoms with Crippen LogP contribution in [0.2, 0.25) is 0 Å². The largest absolute Gasteiger partial charge is 0.309 e. The van der Waals surface area contributed by atoms with E-state index in [0.29, 0.717) is 0 Å². The van der Waals surface area contributed by atoms with E-state index in [-0.39, 0.29) is 0 Å². The molecule has 3 aromatic heterocycles. The van der Waals surface area contributed by atoms with Gasteiger partial charge in [0.25, 0.3) is 0 Å². The average molecular weight is 651 g/mol. The van der Waals surface area contributed by atoms with Gasteiger partial charge in [-0.2, -0.15) is 0 Å². The van der Waals surface area contributed by atoms with Crippen molar-refractivity contribution in [3.05, 3.63) is 181 Å². The first kappa shape index (κ1) is 28.1. The summed E-state index contributed by atoms with van der Waals surface area (Å²) in [5.41, 5.74) is 15.2. The Morgan fingerprint density at radius 2 is 1.00 bits per heavy atom. The third-order valence-electron chi connectivity index (χ3n) is 10.6. The number of rotatable bonds is 4. The maximum absolute atomic E-state index is 5.07. The molecule has 0 spiro atoms. The second-order valence-electron chi connectivity index (χ2n) is 13.4. The Labute approximate surface area is 294 Å². The van der Waals surface area contributed by atoms with Crippen molar-refractivity contribution in [2.45, 2.75) is 6.42 Å². The molecular formula is C47H30N4. The zero-order chi connectivity index (χ0) is 33.5. The molecule has 0 bridgehead atoms. The van der Waals surface area contributed by atoms with E-state index in [1.807, 2.05) is 6.20 Å². The van der Waals surface area contributed by atoms with Crippen LogP contribution in [0, 0.1) is 0 Å². The lowest BCUT2D eigenvalue weighted by molar-refractivity contribution is 1.07. The Morgan fingerprint density at radius 1 is 0.412 bits per heavy atom. The Kier molecular flexibility index (Phi) is 5.98. The summed E-state index contributed by atoms with van der Waals surface area (Å²) in [6.45, 7) is 0. The number of aromatic nitrogens is 4. The molecule has 0 saturated carbocycles. The van der Waals surface area contributed by atoms with Crippen LogP contribution in [0.5, 0.6) is 0 Å². The van der Waals surface area contributed by atoms with Crippen molar-refractivity contribution >= 4 is 43.6 Å². The van der Waals surface area contributed by atoms with Gasteiger partial charge in [0.05, 0.1) is 27.8 Å². The number of benzene rings is 7. The Morgan fingerprint density at radius 3 is 1.73 bits per heavy atom. The van der Waals surface area contributed by atoms with E-state index >= 15 is 0 Å². The van der Waals surface area contributed by atoms with Crippen LogP contribution in [0.4, 0.5) is 0 Å². The van der Waals surface area contributed by atoms with Gasteiger partial charge < -0.3 is 9.13 Å². The van der Waals surface area contributed by atoms with Gasteiger partial charge in [-0.1, -0.05) is 103 Å². The smallest absolute Gasteiger partial charge is 0.159 e. The Bertz CT molecular complexity index is 3000. The van der Waals surface area contributed by atoms with Gasteiger partial charge in [-0.3, -0.25) is 0 Å². The topological polar surface area (TPSA) is 35.6 Å². The molecule has 0 fully saturated rings. The zero-order valence-corrected chi connectivity index (χ0v) is 27.7. The van der Waals surface area contributed by atoms with Crippen LogP contribution < -0.4 is 0 Å². The molecule has 238 valence electrons. The molecule has 11 rings (SSSR count). The van der Waals surface area contributed by atoms with Crippen molar-refractivity contribution in [1.82, 2.24) is 19.1 Å². The van der Waals surface area contributed by atoms with Gasteiger partial charge in [-0.05, 0) is 82.9 Å². The number of nitrogens with zero attached hydrogens (tertiary/aromatic N) is 4. The maximum atomic E-state index is 5.07. The molecule has 3 heterocycles. The summed E-state index contributed by atoms with van der Waals surface area (Å²) in [6, 6.07) is 59.0. The lowest BCUT2D eigenvalue weighted by atomic mass is 10.0. The summed E-state index contributed by atoms with van der Waals surface area (Å²) in [6.07, 6.45) is 2.84. The van der Waals surface area contributed by atoms with Crippen molar-refractivity contribution in [3.63, 3.8) is 0 Å². The fraction of sp³-hybridized carbons (Fsp3) is 0.0213. The van der Waals surface area contributed by atoms with E-state index in [1.54, 1.807) is 0 Å². The SMILES string of the molecule is c1ccc(-n2c3ccccc3c3cc(-c4ccc5c(c4)c4ccccc4n5-c4cccc(-c5ncc6c(n5)Cc5ccccc5-6)c4)ccc32)cc1. The highest BCUT2D eigenvalue weighted by molar-refractivity contribution is 6.12. The predicted octanol–water partition coefficient (Wildman–Crippen LogP) is 11.6. The molecule has 0 unspecified atom stereocenters. The lowest BCUT2D eigenvalue weighted by Crippen LogP contribution is -1.97. The molecule has 0 atom stereocenters. The number of hydrogen-bond donors (Lipinski definition) is 0. The van der Waals surface area contributed by atoms with Gasteiger partial charge in [0.2, 0.25) is 0 Å². The monoisotopic (exact) mass is 650 g/mol. The summed E-state index contributed by atoms with van der Waals surface area (Å²) >= 11 is 0. The molecule has 51 heavy (non-hydrogen) atoms. The molecule has 1 aliphatic carbocycles. The summed E-state index contributed by atoms with van der Waals surface area (Å²) in [5.74, 6) is 0.760. The molecule has 0 amide bonds. The quantitative estimate of drug-likeness (QED) is 0.190. The second kappa shape index (κ2) is 10.9. The third-order valence-corrected chi connectivity index (χ3v) is 10.6. The standard InChI is InChI=1S/C47H30N4/c1-2-13-34(14-3-1)50-43-19-8-6-17-37(43)39-26-30(21-23-45(39)50)31-22-24-46-40(27-31)38-18-7-9-20-44(38)51(46)35-15-10-12-33(25-35)47-48-29-41-36-16-5-4-11-32(36)28-42(41)49-47/h1-27,29H,28H2. The molecule has 0 saturated heterocycles. The molecule has 0 radical (unpaired) electrons. The summed E-state index contributed by atoms with van der Waals surface area (Å²) in [7, 11) is 0. The van der Waals surface area contributed by atoms with E-state index in [0.717, 1.165) is 34.8 Å². The van der Waals surface area contributed by atoms with Gasteiger partial charge in [0, 0.05) is 56.7 Å². The van der Waals surface area contributed by atoms with Crippen molar-refractivity contribution in [2.75, 3.05) is 0 Å². The highest BCUT2D eigenvalue weighted by atomic mass is 15.0. The number of hydrogen-bond acceptors (Lipinski definition) is 2. The van der Waals surface area contributed by atoms with Crippen molar-refractivity contribution in [2.24, 2.45) is 0 Å². The molecule has 4 heteroatoms. The van der Waals surface area contributed by atoms with Crippen LogP contribution in [0.25, 0.3) is 88.6 Å². The van der Waals surface area contributed by atoms with Crippen LogP contribution in [-0.4, -0.2) is 19.1 Å². The molecule has 0 N–H and O–H groups in total. The average Bonchev–Trinajstić information content (AvgIpc) is 3.85. The van der Waals surface area contributed by atoms with Crippen LogP contribution in [0.1, 0.15) is 11.3 Å². The minimum absolute atomic E-state index is 0.760. The lowest BCUT2D eigenvalue weighted by Gasteiger charge is -2.11. The molecule has 1 aliphatic rings. The van der Waals surface area contributed by atoms with Gasteiger partial charge in [0.1, 0.15) is 0 Å². The molecule has 4 nitrogen and oxygen atoms in total. The minimum atomic E-state index is 0.760. The number of para-hydroxylation sites is 3. The van der Waals surface area contributed by atoms with E-state index in [1.165, 1.54) is 71.6 Å². The summed E-state index contributed by atoms with van der Waals surface area (Å²) < 4.78 is 4.74. The van der Waals surface area contributed by atoms with Crippen LogP contribution in [0.3, 0.4) is 0 Å². The zero-order valence-electron chi connectivity index (χ0n) is 27.7. The van der Waals surface area contributed by atoms with Crippen LogP contribution in [0.15, 0.2) is 170 Å². The van der Waals surface area contributed by atoms with E-state index < -0.39 is 0 Å². The normalized spacial score (nSPS) is 12.2. The molecular weight excluding hydrogens is 621 g/mol.